The molecule has 0 saturated heterocycles. The van der Waals surface area contributed by atoms with Crippen LogP contribution in [0.4, 0.5) is 10.1 Å². The largest absolute Gasteiger partial charge is 0.396 e. The van der Waals surface area contributed by atoms with Crippen molar-refractivity contribution in [2.75, 3.05) is 5.73 Å². The predicted molar refractivity (Wildman–Crippen MR) is 78.5 cm³/mol. The number of nitrogens with two attached hydrogens (primary N) is 1. The number of anilines is 1. The summed E-state index contributed by atoms with van der Waals surface area (Å²) in [6, 6.07) is 4.60. The van der Waals surface area contributed by atoms with Crippen LogP contribution in [0.1, 0.15) is 16.7 Å². The third kappa shape index (κ3) is 3.20. The lowest BCUT2D eigenvalue weighted by Crippen LogP contribution is -2.25. The maximum Gasteiger partial charge on any atom is 0.241 e. The fourth-order valence-corrected chi connectivity index (χ4v) is 3.59. The van der Waals surface area contributed by atoms with Crippen molar-refractivity contribution < 1.29 is 12.8 Å². The Morgan fingerprint density at radius 1 is 1.38 bits per heavy atom. The molecular formula is C14H16FN3O2S. The molecule has 0 atom stereocenters. The molecule has 1 heterocycles. The van der Waals surface area contributed by atoms with Crippen LogP contribution >= 0.6 is 0 Å². The minimum atomic E-state index is -3.78. The van der Waals surface area contributed by atoms with Crippen LogP contribution in [0.25, 0.3) is 0 Å². The van der Waals surface area contributed by atoms with Crippen LogP contribution in [0.3, 0.4) is 0 Å². The van der Waals surface area contributed by atoms with Gasteiger partial charge in [-0.1, -0.05) is 6.07 Å². The molecule has 0 aliphatic carbocycles. The smallest absolute Gasteiger partial charge is 0.241 e. The van der Waals surface area contributed by atoms with Gasteiger partial charge in [0.15, 0.2) is 0 Å². The normalized spacial score (nSPS) is 11.6. The highest BCUT2D eigenvalue weighted by molar-refractivity contribution is 7.89. The van der Waals surface area contributed by atoms with E-state index in [1.807, 2.05) is 0 Å². The topological polar surface area (TPSA) is 85.1 Å². The van der Waals surface area contributed by atoms with Gasteiger partial charge in [-0.25, -0.2) is 17.5 Å². The lowest BCUT2D eigenvalue weighted by atomic mass is 10.1. The van der Waals surface area contributed by atoms with Gasteiger partial charge in [0.05, 0.1) is 10.6 Å². The number of aryl methyl sites for hydroxylation is 1. The average Bonchev–Trinajstić information content (AvgIpc) is 2.44. The SMILES string of the molecule is Cc1cc(F)c(N)c(C)c1S(=O)(=O)NCc1cccnc1. The highest BCUT2D eigenvalue weighted by atomic mass is 32.2. The summed E-state index contributed by atoms with van der Waals surface area (Å²) in [5.74, 6) is -0.615. The molecule has 7 heteroatoms. The quantitative estimate of drug-likeness (QED) is 0.845. The molecule has 0 bridgehead atoms. The molecule has 0 spiro atoms. The Morgan fingerprint density at radius 3 is 2.71 bits per heavy atom. The van der Waals surface area contributed by atoms with E-state index < -0.39 is 15.8 Å². The average molecular weight is 309 g/mol. The van der Waals surface area contributed by atoms with Crippen LogP contribution in [-0.4, -0.2) is 13.4 Å². The number of sulfonamides is 1. The van der Waals surface area contributed by atoms with Crippen molar-refractivity contribution in [3.05, 3.63) is 53.1 Å². The van der Waals surface area contributed by atoms with Crippen molar-refractivity contribution in [3.8, 4) is 0 Å². The minimum Gasteiger partial charge on any atom is -0.396 e. The van der Waals surface area contributed by atoms with Crippen LogP contribution in [0.2, 0.25) is 0 Å². The van der Waals surface area contributed by atoms with Crippen LogP contribution in [-0.2, 0) is 16.6 Å². The van der Waals surface area contributed by atoms with Crippen molar-refractivity contribution in [1.82, 2.24) is 9.71 Å². The first-order valence-corrected chi connectivity index (χ1v) is 7.75. The van der Waals surface area contributed by atoms with Crippen LogP contribution in [0.5, 0.6) is 0 Å². The van der Waals surface area contributed by atoms with Crippen LogP contribution in [0.15, 0.2) is 35.5 Å². The Kier molecular flexibility index (Phi) is 4.24. The van der Waals surface area contributed by atoms with E-state index in [0.717, 1.165) is 11.6 Å². The maximum atomic E-state index is 13.5. The van der Waals surface area contributed by atoms with Crippen LogP contribution < -0.4 is 10.5 Å². The van der Waals surface area contributed by atoms with Crippen molar-refractivity contribution in [3.63, 3.8) is 0 Å². The molecule has 21 heavy (non-hydrogen) atoms. The molecule has 0 saturated carbocycles. The molecule has 0 unspecified atom stereocenters. The van der Waals surface area contributed by atoms with Gasteiger partial charge in [0, 0.05) is 18.9 Å². The molecular weight excluding hydrogens is 293 g/mol. The van der Waals surface area contributed by atoms with E-state index in [4.69, 9.17) is 5.73 Å². The molecule has 1 aromatic carbocycles. The van der Waals surface area contributed by atoms with E-state index in [1.165, 1.54) is 13.8 Å². The van der Waals surface area contributed by atoms with Gasteiger partial charge in [0.25, 0.3) is 0 Å². The molecule has 5 nitrogen and oxygen atoms in total. The second-order valence-electron chi connectivity index (χ2n) is 4.73. The summed E-state index contributed by atoms with van der Waals surface area (Å²) >= 11 is 0. The number of nitrogens with one attached hydrogen (secondary N) is 1. The molecule has 3 N–H and O–H groups in total. The fraction of sp³-hybridized carbons (Fsp3) is 0.214. The van der Waals surface area contributed by atoms with E-state index in [0.29, 0.717) is 5.56 Å². The molecule has 0 fully saturated rings. The van der Waals surface area contributed by atoms with Gasteiger partial charge in [-0.2, -0.15) is 0 Å². The van der Waals surface area contributed by atoms with E-state index in [1.54, 1.807) is 24.5 Å². The third-order valence-electron chi connectivity index (χ3n) is 3.16. The number of benzene rings is 1. The predicted octanol–water partition coefficient (Wildman–Crippen LogP) is 1.90. The second-order valence-corrected chi connectivity index (χ2v) is 6.43. The van der Waals surface area contributed by atoms with Gasteiger partial charge < -0.3 is 5.73 Å². The van der Waals surface area contributed by atoms with E-state index in [9.17, 15) is 12.8 Å². The Balaban J connectivity index is 2.35. The summed E-state index contributed by atoms with van der Waals surface area (Å²) in [6.45, 7) is 3.13. The monoisotopic (exact) mass is 309 g/mol. The Hall–Kier alpha value is -1.99. The first-order valence-electron chi connectivity index (χ1n) is 6.26. The number of nitrogens with zero attached hydrogens (tertiary/aromatic N) is 1. The van der Waals surface area contributed by atoms with Crippen LogP contribution in [0, 0.1) is 19.7 Å². The van der Waals surface area contributed by atoms with Crippen molar-refractivity contribution >= 4 is 15.7 Å². The molecule has 0 amide bonds. The van der Waals surface area contributed by atoms with Gasteiger partial charge in [0.1, 0.15) is 5.82 Å². The van der Waals surface area contributed by atoms with Crippen molar-refractivity contribution in [2.24, 2.45) is 0 Å². The van der Waals surface area contributed by atoms with Gasteiger partial charge >= 0.3 is 0 Å². The van der Waals surface area contributed by atoms with Crippen molar-refractivity contribution in [2.45, 2.75) is 25.3 Å². The number of nitrogen functional groups attached to an aromatic ring is 1. The number of halogens is 1. The van der Waals surface area contributed by atoms with E-state index in [2.05, 4.69) is 9.71 Å². The molecule has 2 aromatic rings. The highest BCUT2D eigenvalue weighted by Gasteiger charge is 2.22. The summed E-state index contributed by atoms with van der Waals surface area (Å²) < 4.78 is 40.8. The molecule has 1 aromatic heterocycles. The third-order valence-corrected chi connectivity index (χ3v) is 4.85. The number of pyridine rings is 1. The number of hydrogen-bond acceptors (Lipinski definition) is 4. The fourth-order valence-electron chi connectivity index (χ4n) is 2.10. The van der Waals surface area contributed by atoms with E-state index in [-0.39, 0.29) is 22.7 Å². The zero-order valence-electron chi connectivity index (χ0n) is 11.7. The van der Waals surface area contributed by atoms with Gasteiger partial charge in [-0.15, -0.1) is 0 Å². The Labute approximate surface area is 123 Å². The number of rotatable bonds is 4. The first-order chi connectivity index (χ1) is 9.83. The lowest BCUT2D eigenvalue weighted by molar-refractivity contribution is 0.578. The van der Waals surface area contributed by atoms with Crippen molar-refractivity contribution in [1.29, 1.82) is 0 Å². The molecule has 0 aliphatic rings. The summed E-state index contributed by atoms with van der Waals surface area (Å²) in [5, 5.41) is 0. The van der Waals surface area contributed by atoms with Gasteiger partial charge in [0.2, 0.25) is 10.0 Å². The summed E-state index contributed by atoms with van der Waals surface area (Å²) in [5.41, 5.74) is 6.69. The minimum absolute atomic E-state index is 0.0188. The number of hydrogen-bond donors (Lipinski definition) is 2. The highest BCUT2D eigenvalue weighted by Crippen LogP contribution is 2.27. The Bertz CT molecular complexity index is 762. The van der Waals surface area contributed by atoms with Gasteiger partial charge in [-0.3, -0.25) is 4.98 Å². The zero-order chi connectivity index (χ0) is 15.6. The number of aromatic nitrogens is 1. The molecule has 0 aliphatic heterocycles. The first kappa shape index (κ1) is 15.4. The lowest BCUT2D eigenvalue weighted by Gasteiger charge is -2.14. The molecule has 112 valence electrons. The van der Waals surface area contributed by atoms with Gasteiger partial charge in [-0.05, 0) is 42.7 Å². The Morgan fingerprint density at radius 2 is 2.10 bits per heavy atom. The maximum absolute atomic E-state index is 13.5. The molecule has 2 rings (SSSR count). The summed E-state index contributed by atoms with van der Waals surface area (Å²) in [7, 11) is -3.78. The molecule has 0 radical (unpaired) electrons. The zero-order valence-corrected chi connectivity index (χ0v) is 12.5. The second kappa shape index (κ2) is 5.79. The summed E-state index contributed by atoms with van der Waals surface area (Å²) in [4.78, 5) is 3.93. The van der Waals surface area contributed by atoms with E-state index >= 15 is 0 Å². The standard InChI is InChI=1S/C14H16FN3O2S/c1-9-6-12(15)13(16)10(2)14(9)21(19,20)18-8-11-4-3-5-17-7-11/h3-7,18H,8,16H2,1-2H3. The summed E-state index contributed by atoms with van der Waals surface area (Å²) in [6.07, 6.45) is 3.17.